The number of carbonyl (C=O) groups excluding carboxylic acids is 1. The van der Waals surface area contributed by atoms with E-state index in [1.54, 1.807) is 31.2 Å². The molecule has 2 aromatic carbocycles. The topological polar surface area (TPSA) is 49.3 Å². The van der Waals surface area contributed by atoms with Crippen LogP contribution in [0, 0.1) is 0 Å². The fourth-order valence-electron chi connectivity index (χ4n) is 1.41. The third-order valence-electron chi connectivity index (χ3n) is 2.41. The van der Waals surface area contributed by atoms with Gasteiger partial charge in [-0.3, -0.25) is 4.79 Å². The summed E-state index contributed by atoms with van der Waals surface area (Å²) in [4.78, 5) is 12.1. The smallest absolute Gasteiger partial charge is 0.159 e. The largest absolute Gasteiger partial charge is 0.508 e. The minimum Gasteiger partial charge on any atom is -0.508 e. The maximum Gasteiger partial charge on any atom is 0.159 e. The highest BCUT2D eigenvalue weighted by Crippen LogP contribution is 2.23. The van der Waals surface area contributed by atoms with Crippen molar-refractivity contribution in [3.63, 3.8) is 0 Å². The number of phenolic OH excluding ortho intramolecular Hbond substituents is 1. The summed E-state index contributed by atoms with van der Waals surface area (Å²) in [6.07, 6.45) is 0. The third-order valence-corrected chi connectivity index (χ3v) is 3.26. The van der Waals surface area contributed by atoms with E-state index in [0.717, 1.165) is 10.6 Å². The molecule has 0 unspecified atom stereocenters. The van der Waals surface area contributed by atoms with Crippen LogP contribution in [-0.4, -0.2) is 10.9 Å². The van der Waals surface area contributed by atoms with Gasteiger partial charge < -0.3 is 9.83 Å². The van der Waals surface area contributed by atoms with Crippen molar-refractivity contribution in [3.8, 4) is 5.75 Å². The van der Waals surface area contributed by atoms with E-state index < -0.39 is 0 Å². The molecular weight excluding hydrogens is 246 g/mol. The SMILES string of the molecule is CC(=O)c1ccc(NSc2ccc(O)cc2)cc1. The summed E-state index contributed by atoms with van der Waals surface area (Å²) < 4.78 is 3.17. The Hall–Kier alpha value is -1.94. The molecule has 0 atom stereocenters. The van der Waals surface area contributed by atoms with Gasteiger partial charge in [-0.1, -0.05) is 0 Å². The highest BCUT2D eigenvalue weighted by Gasteiger charge is 1.99. The number of hydrogen-bond donors (Lipinski definition) is 2. The second-order valence-electron chi connectivity index (χ2n) is 3.83. The maximum atomic E-state index is 11.1. The number of hydrogen-bond acceptors (Lipinski definition) is 4. The van der Waals surface area contributed by atoms with Gasteiger partial charge in [-0.2, -0.15) is 0 Å². The average Bonchev–Trinajstić information content (AvgIpc) is 2.38. The molecule has 0 saturated heterocycles. The van der Waals surface area contributed by atoms with E-state index in [9.17, 15) is 4.79 Å². The summed E-state index contributed by atoms with van der Waals surface area (Å²) in [5.74, 6) is 0.317. The third kappa shape index (κ3) is 3.28. The quantitative estimate of drug-likeness (QED) is 0.649. The van der Waals surface area contributed by atoms with Crippen molar-refractivity contribution in [1.82, 2.24) is 0 Å². The minimum absolute atomic E-state index is 0.0627. The molecule has 18 heavy (non-hydrogen) atoms. The Balaban J connectivity index is 1.97. The standard InChI is InChI=1S/C14H13NO2S/c1-10(16)11-2-4-12(5-3-11)15-18-14-8-6-13(17)7-9-14/h2-9,15,17H,1H3. The minimum atomic E-state index is 0.0627. The van der Waals surface area contributed by atoms with Crippen LogP contribution in [0.15, 0.2) is 53.4 Å². The predicted molar refractivity (Wildman–Crippen MR) is 74.0 cm³/mol. The number of rotatable bonds is 4. The first-order chi connectivity index (χ1) is 8.65. The Kier molecular flexibility index (Phi) is 3.89. The van der Waals surface area contributed by atoms with Gasteiger partial charge >= 0.3 is 0 Å². The molecule has 0 aliphatic rings. The van der Waals surface area contributed by atoms with Gasteiger partial charge in [-0.05, 0) is 67.4 Å². The first kappa shape index (κ1) is 12.5. The second-order valence-corrected chi connectivity index (χ2v) is 4.71. The van der Waals surface area contributed by atoms with Crippen molar-refractivity contribution in [2.24, 2.45) is 0 Å². The van der Waals surface area contributed by atoms with E-state index in [2.05, 4.69) is 4.72 Å². The molecule has 0 heterocycles. The van der Waals surface area contributed by atoms with Crippen molar-refractivity contribution in [2.75, 3.05) is 4.72 Å². The number of nitrogens with one attached hydrogen (secondary N) is 1. The lowest BCUT2D eigenvalue weighted by Gasteiger charge is -2.06. The highest BCUT2D eigenvalue weighted by molar-refractivity contribution is 8.00. The normalized spacial score (nSPS) is 10.1. The van der Waals surface area contributed by atoms with Crippen molar-refractivity contribution in [2.45, 2.75) is 11.8 Å². The number of benzene rings is 2. The molecule has 2 aromatic rings. The van der Waals surface area contributed by atoms with Crippen LogP contribution in [0.2, 0.25) is 0 Å². The Morgan fingerprint density at radius 2 is 1.67 bits per heavy atom. The molecule has 0 spiro atoms. The molecule has 0 bridgehead atoms. The van der Waals surface area contributed by atoms with Crippen LogP contribution in [0.5, 0.6) is 5.75 Å². The van der Waals surface area contributed by atoms with Crippen molar-refractivity contribution in [3.05, 3.63) is 54.1 Å². The molecule has 0 saturated carbocycles. The van der Waals surface area contributed by atoms with Crippen LogP contribution < -0.4 is 4.72 Å². The van der Waals surface area contributed by atoms with Crippen molar-refractivity contribution < 1.29 is 9.90 Å². The lowest BCUT2D eigenvalue weighted by Crippen LogP contribution is -1.92. The average molecular weight is 259 g/mol. The second kappa shape index (κ2) is 5.60. The van der Waals surface area contributed by atoms with Crippen molar-refractivity contribution in [1.29, 1.82) is 0 Å². The van der Waals surface area contributed by atoms with E-state index in [1.165, 1.54) is 11.9 Å². The zero-order valence-electron chi connectivity index (χ0n) is 9.88. The van der Waals surface area contributed by atoms with E-state index in [0.29, 0.717) is 5.56 Å². The molecule has 0 amide bonds. The first-order valence-corrected chi connectivity index (χ1v) is 6.30. The van der Waals surface area contributed by atoms with Gasteiger partial charge in [0.2, 0.25) is 0 Å². The van der Waals surface area contributed by atoms with Crippen LogP contribution in [-0.2, 0) is 0 Å². The van der Waals surface area contributed by atoms with Crippen molar-refractivity contribution >= 4 is 23.4 Å². The van der Waals surface area contributed by atoms with Gasteiger partial charge in [0.05, 0.1) is 0 Å². The summed E-state index contributed by atoms with van der Waals surface area (Å²) in [5, 5.41) is 9.16. The number of ketones is 1. The number of Topliss-reactive ketones (excluding diaryl/α,β-unsaturated/α-hetero) is 1. The zero-order valence-corrected chi connectivity index (χ0v) is 10.7. The molecule has 0 fully saturated rings. The van der Waals surface area contributed by atoms with E-state index in [-0.39, 0.29) is 11.5 Å². The number of carbonyl (C=O) groups is 1. The molecule has 0 radical (unpaired) electrons. The first-order valence-electron chi connectivity index (χ1n) is 5.48. The van der Waals surface area contributed by atoms with Gasteiger partial charge in [-0.15, -0.1) is 0 Å². The fraction of sp³-hybridized carbons (Fsp3) is 0.0714. The van der Waals surface area contributed by atoms with E-state index in [1.807, 2.05) is 24.3 Å². The molecule has 3 nitrogen and oxygen atoms in total. The summed E-state index contributed by atoms with van der Waals surface area (Å²) in [6, 6.07) is 14.3. The molecule has 2 rings (SSSR count). The van der Waals surface area contributed by atoms with Crippen LogP contribution in [0.1, 0.15) is 17.3 Å². The molecule has 92 valence electrons. The summed E-state index contributed by atoms with van der Waals surface area (Å²) in [7, 11) is 0. The fourth-order valence-corrected chi connectivity index (χ4v) is 2.05. The van der Waals surface area contributed by atoms with Gasteiger partial charge in [0.1, 0.15) is 5.75 Å². The Morgan fingerprint density at radius 3 is 2.22 bits per heavy atom. The van der Waals surface area contributed by atoms with E-state index >= 15 is 0 Å². The molecule has 0 aliphatic carbocycles. The lowest BCUT2D eigenvalue weighted by atomic mass is 10.1. The van der Waals surface area contributed by atoms with Gasteiger partial charge in [0.15, 0.2) is 5.78 Å². The number of anilines is 1. The Morgan fingerprint density at radius 1 is 1.06 bits per heavy atom. The molecule has 2 N–H and O–H groups in total. The molecule has 0 aromatic heterocycles. The van der Waals surface area contributed by atoms with E-state index in [4.69, 9.17) is 5.11 Å². The zero-order chi connectivity index (χ0) is 13.0. The summed E-state index contributed by atoms with van der Waals surface area (Å²) in [5.41, 5.74) is 1.63. The number of phenols is 1. The summed E-state index contributed by atoms with van der Waals surface area (Å²) in [6.45, 7) is 1.55. The monoisotopic (exact) mass is 259 g/mol. The van der Waals surface area contributed by atoms with Crippen LogP contribution in [0.25, 0.3) is 0 Å². The highest BCUT2D eigenvalue weighted by atomic mass is 32.2. The lowest BCUT2D eigenvalue weighted by molar-refractivity contribution is 0.101. The molecule has 4 heteroatoms. The maximum absolute atomic E-state index is 11.1. The summed E-state index contributed by atoms with van der Waals surface area (Å²) >= 11 is 1.45. The van der Waals surface area contributed by atoms with Gasteiger partial charge in [0.25, 0.3) is 0 Å². The van der Waals surface area contributed by atoms with Crippen LogP contribution in [0.4, 0.5) is 5.69 Å². The Labute approximate surface area is 110 Å². The van der Waals surface area contributed by atoms with Gasteiger partial charge in [0, 0.05) is 16.1 Å². The van der Waals surface area contributed by atoms with Gasteiger partial charge in [-0.25, -0.2) is 0 Å². The van der Waals surface area contributed by atoms with Crippen LogP contribution in [0.3, 0.4) is 0 Å². The molecular formula is C14H13NO2S. The molecule has 0 aliphatic heterocycles. The van der Waals surface area contributed by atoms with Crippen LogP contribution >= 0.6 is 11.9 Å². The number of aromatic hydroxyl groups is 1. The Bertz CT molecular complexity index is 535. The predicted octanol–water partition coefficient (Wildman–Crippen LogP) is 3.71.